The van der Waals surface area contributed by atoms with Gasteiger partial charge in [-0.1, -0.05) is 30.3 Å². The number of hydrogen-bond donors (Lipinski definition) is 2. The lowest BCUT2D eigenvalue weighted by molar-refractivity contribution is -0.134. The minimum Gasteiger partial charge on any atom is -0.480 e. The quantitative estimate of drug-likeness (QED) is 0.885. The molecule has 0 unspecified atom stereocenters. The van der Waals surface area contributed by atoms with Crippen molar-refractivity contribution in [3.8, 4) is 0 Å². The molecule has 0 amide bonds. The van der Waals surface area contributed by atoms with E-state index in [9.17, 15) is 13.2 Å². The van der Waals surface area contributed by atoms with Crippen LogP contribution in [0.2, 0.25) is 0 Å². The van der Waals surface area contributed by atoms with E-state index in [1.165, 1.54) is 6.07 Å². The highest BCUT2D eigenvalue weighted by molar-refractivity contribution is 7.91. The van der Waals surface area contributed by atoms with E-state index >= 15 is 0 Å². The minimum atomic E-state index is -3.70. The third kappa shape index (κ3) is 3.22. The van der Waals surface area contributed by atoms with Crippen LogP contribution < -0.4 is 5.32 Å². The third-order valence-corrected chi connectivity index (χ3v) is 4.96. The standard InChI is InChI=1S/C15H15NO4S/c1-11-6-2-4-8-13(11)21(19,20)14-9-5-3-7-12(14)16-10-15(17)18/h2-9,16H,10H2,1H3,(H,17,18). The van der Waals surface area contributed by atoms with E-state index < -0.39 is 15.8 Å². The van der Waals surface area contributed by atoms with E-state index in [0.29, 0.717) is 5.56 Å². The van der Waals surface area contributed by atoms with Crippen molar-refractivity contribution in [2.75, 3.05) is 11.9 Å². The Morgan fingerprint density at radius 1 is 1.05 bits per heavy atom. The molecule has 2 aromatic rings. The second-order valence-corrected chi connectivity index (χ2v) is 6.40. The second-order valence-electron chi connectivity index (χ2n) is 4.51. The molecule has 0 heterocycles. The molecule has 0 aromatic heterocycles. The number of hydrogen-bond acceptors (Lipinski definition) is 4. The number of carboxylic acids is 1. The predicted molar refractivity (Wildman–Crippen MR) is 79.2 cm³/mol. The number of para-hydroxylation sites is 1. The fourth-order valence-corrected chi connectivity index (χ4v) is 3.67. The first-order valence-electron chi connectivity index (χ1n) is 6.28. The van der Waals surface area contributed by atoms with Gasteiger partial charge in [0.15, 0.2) is 0 Å². The lowest BCUT2D eigenvalue weighted by atomic mass is 10.2. The zero-order valence-electron chi connectivity index (χ0n) is 11.4. The molecule has 2 rings (SSSR count). The Kier molecular flexibility index (Phi) is 4.28. The van der Waals surface area contributed by atoms with Crippen molar-refractivity contribution in [1.29, 1.82) is 0 Å². The van der Waals surface area contributed by atoms with Crippen molar-refractivity contribution >= 4 is 21.5 Å². The number of carboxylic acid groups (broad SMARTS) is 1. The molecule has 0 atom stereocenters. The lowest BCUT2D eigenvalue weighted by Gasteiger charge is -2.12. The Morgan fingerprint density at radius 2 is 1.62 bits per heavy atom. The molecule has 0 radical (unpaired) electrons. The maximum Gasteiger partial charge on any atom is 0.322 e. The topological polar surface area (TPSA) is 83.5 Å². The summed E-state index contributed by atoms with van der Waals surface area (Å²) >= 11 is 0. The van der Waals surface area contributed by atoms with Gasteiger partial charge >= 0.3 is 5.97 Å². The average molecular weight is 305 g/mol. The zero-order chi connectivity index (χ0) is 15.5. The molecule has 6 heteroatoms. The van der Waals surface area contributed by atoms with Gasteiger partial charge in [-0.05, 0) is 30.7 Å². The van der Waals surface area contributed by atoms with Gasteiger partial charge in [-0.15, -0.1) is 0 Å². The Balaban J connectivity index is 2.51. The van der Waals surface area contributed by atoms with E-state index in [4.69, 9.17) is 5.11 Å². The van der Waals surface area contributed by atoms with Gasteiger partial charge in [0.1, 0.15) is 6.54 Å². The van der Waals surface area contributed by atoms with Gasteiger partial charge in [-0.25, -0.2) is 8.42 Å². The molecule has 2 N–H and O–H groups in total. The maximum atomic E-state index is 12.7. The van der Waals surface area contributed by atoms with Crippen molar-refractivity contribution in [2.45, 2.75) is 16.7 Å². The summed E-state index contributed by atoms with van der Waals surface area (Å²) in [6, 6.07) is 13.0. The first-order valence-corrected chi connectivity index (χ1v) is 7.76. The summed E-state index contributed by atoms with van der Waals surface area (Å²) in [5.41, 5.74) is 0.925. The fourth-order valence-electron chi connectivity index (χ4n) is 1.99. The number of nitrogens with one attached hydrogen (secondary N) is 1. The molecular formula is C15H15NO4S. The van der Waals surface area contributed by atoms with Gasteiger partial charge < -0.3 is 10.4 Å². The van der Waals surface area contributed by atoms with Gasteiger partial charge in [0.25, 0.3) is 0 Å². The molecule has 21 heavy (non-hydrogen) atoms. The van der Waals surface area contributed by atoms with E-state index in [0.717, 1.165) is 0 Å². The van der Waals surface area contributed by atoms with E-state index in [2.05, 4.69) is 5.32 Å². The number of aryl methyl sites for hydroxylation is 1. The van der Waals surface area contributed by atoms with Crippen LogP contribution in [0.3, 0.4) is 0 Å². The van der Waals surface area contributed by atoms with Crippen LogP contribution in [0.4, 0.5) is 5.69 Å². The predicted octanol–water partition coefficient (Wildman–Crippen LogP) is 2.32. The van der Waals surface area contributed by atoms with Crippen LogP contribution >= 0.6 is 0 Å². The van der Waals surface area contributed by atoms with Crippen LogP contribution in [0.25, 0.3) is 0 Å². The first kappa shape index (κ1) is 15.1. The van der Waals surface area contributed by atoms with Crippen LogP contribution in [0, 0.1) is 6.92 Å². The molecule has 0 saturated carbocycles. The SMILES string of the molecule is Cc1ccccc1S(=O)(=O)c1ccccc1NCC(=O)O. The summed E-state index contributed by atoms with van der Waals surface area (Å²) in [5, 5.41) is 11.3. The number of benzene rings is 2. The Morgan fingerprint density at radius 3 is 2.24 bits per heavy atom. The molecule has 0 spiro atoms. The van der Waals surface area contributed by atoms with E-state index in [1.54, 1.807) is 49.4 Å². The highest BCUT2D eigenvalue weighted by Gasteiger charge is 2.22. The smallest absolute Gasteiger partial charge is 0.322 e. The van der Waals surface area contributed by atoms with Crippen molar-refractivity contribution in [1.82, 2.24) is 0 Å². The summed E-state index contributed by atoms with van der Waals surface area (Å²) in [6.07, 6.45) is 0. The number of aliphatic carboxylic acids is 1. The average Bonchev–Trinajstić information content (AvgIpc) is 2.45. The normalized spacial score (nSPS) is 11.1. The monoisotopic (exact) mass is 305 g/mol. The molecule has 2 aromatic carbocycles. The summed E-state index contributed by atoms with van der Waals surface area (Å²) in [7, 11) is -3.70. The van der Waals surface area contributed by atoms with Gasteiger partial charge in [0, 0.05) is 0 Å². The van der Waals surface area contributed by atoms with Gasteiger partial charge in [-0.3, -0.25) is 4.79 Å². The van der Waals surface area contributed by atoms with Crippen LogP contribution in [-0.4, -0.2) is 26.0 Å². The third-order valence-electron chi connectivity index (χ3n) is 2.99. The second kappa shape index (κ2) is 5.97. The molecule has 0 aliphatic heterocycles. The largest absolute Gasteiger partial charge is 0.480 e. The molecule has 0 aliphatic rings. The molecule has 0 fully saturated rings. The van der Waals surface area contributed by atoms with Crippen molar-refractivity contribution in [3.63, 3.8) is 0 Å². The minimum absolute atomic E-state index is 0.0700. The van der Waals surface area contributed by atoms with Gasteiger partial charge in [0.2, 0.25) is 9.84 Å². The molecule has 0 aliphatic carbocycles. The van der Waals surface area contributed by atoms with Gasteiger partial charge in [-0.2, -0.15) is 0 Å². The Hall–Kier alpha value is -2.34. The van der Waals surface area contributed by atoms with Crippen LogP contribution in [0.5, 0.6) is 0 Å². The van der Waals surface area contributed by atoms with Crippen LogP contribution in [0.15, 0.2) is 58.3 Å². The number of sulfone groups is 1. The van der Waals surface area contributed by atoms with Crippen molar-refractivity contribution in [3.05, 3.63) is 54.1 Å². The fraction of sp³-hybridized carbons (Fsp3) is 0.133. The zero-order valence-corrected chi connectivity index (χ0v) is 12.2. The Labute approximate surface area is 123 Å². The highest BCUT2D eigenvalue weighted by atomic mass is 32.2. The van der Waals surface area contributed by atoms with Crippen molar-refractivity contribution in [2.24, 2.45) is 0 Å². The summed E-state index contributed by atoms with van der Waals surface area (Å²) in [4.78, 5) is 10.9. The number of rotatable bonds is 5. The van der Waals surface area contributed by atoms with Gasteiger partial charge in [0.05, 0.1) is 15.5 Å². The summed E-state index contributed by atoms with van der Waals surface area (Å²) < 4.78 is 25.5. The molecule has 5 nitrogen and oxygen atoms in total. The Bertz CT molecular complexity index is 769. The highest BCUT2D eigenvalue weighted by Crippen LogP contribution is 2.29. The summed E-state index contributed by atoms with van der Waals surface area (Å²) in [5.74, 6) is -1.06. The molecular weight excluding hydrogens is 290 g/mol. The van der Waals surface area contributed by atoms with Crippen LogP contribution in [-0.2, 0) is 14.6 Å². The molecule has 0 bridgehead atoms. The lowest BCUT2D eigenvalue weighted by Crippen LogP contribution is -2.15. The van der Waals surface area contributed by atoms with E-state index in [1.807, 2.05) is 0 Å². The summed E-state index contributed by atoms with van der Waals surface area (Å²) in [6.45, 7) is 1.38. The number of anilines is 1. The van der Waals surface area contributed by atoms with Crippen LogP contribution in [0.1, 0.15) is 5.56 Å². The molecule has 110 valence electrons. The van der Waals surface area contributed by atoms with E-state index in [-0.39, 0.29) is 22.0 Å². The molecule has 0 saturated heterocycles. The number of carbonyl (C=O) groups is 1. The first-order chi connectivity index (χ1) is 9.93. The van der Waals surface area contributed by atoms with Crippen molar-refractivity contribution < 1.29 is 18.3 Å². The maximum absolute atomic E-state index is 12.7.